The maximum atomic E-state index is 14.9. The van der Waals surface area contributed by atoms with Crippen molar-refractivity contribution in [3.8, 4) is 11.6 Å². The number of aromatic nitrogens is 1. The molecule has 6 rings (SSSR count). The van der Waals surface area contributed by atoms with E-state index in [1.165, 1.54) is 18.2 Å². The molecule has 14 nitrogen and oxygen atoms in total. The van der Waals surface area contributed by atoms with Gasteiger partial charge < -0.3 is 29.7 Å². The van der Waals surface area contributed by atoms with Gasteiger partial charge in [0.1, 0.15) is 40.9 Å². The van der Waals surface area contributed by atoms with Crippen molar-refractivity contribution in [2.75, 3.05) is 20.3 Å². The number of hydrogen-bond acceptors (Lipinski definition) is 10. The third-order valence-corrected chi connectivity index (χ3v) is 14.3. The van der Waals surface area contributed by atoms with E-state index in [-0.39, 0.29) is 44.0 Å². The molecule has 3 heterocycles. The third kappa shape index (κ3) is 8.94. The number of carbonyl (C=O) groups is 4. The second-order valence-corrected chi connectivity index (χ2v) is 18.8. The topological polar surface area (TPSA) is 182 Å². The first-order valence-electron chi connectivity index (χ1n) is 19.8. The van der Waals surface area contributed by atoms with E-state index in [2.05, 4.69) is 15.6 Å². The summed E-state index contributed by atoms with van der Waals surface area (Å²) in [6, 6.07) is 4.12. The Morgan fingerprint density at radius 2 is 1.85 bits per heavy atom. The smallest absolute Gasteiger partial charge is 0.427 e. The molecule has 2 saturated carbocycles. The van der Waals surface area contributed by atoms with Crippen LogP contribution in [0.2, 0.25) is 0 Å². The Hall–Kier alpha value is -4.68. The van der Waals surface area contributed by atoms with E-state index in [0.29, 0.717) is 50.7 Å². The molecule has 2 aliphatic carbocycles. The number of halogens is 4. The van der Waals surface area contributed by atoms with E-state index < -0.39 is 92.6 Å². The molecule has 59 heavy (non-hydrogen) atoms. The Kier molecular flexibility index (Phi) is 12.2. The number of alkyl carbamates (subject to hydrolysis) is 1. The molecule has 4 aliphatic rings. The average molecular weight is 854 g/mol. The molecule has 0 radical (unpaired) electrons. The van der Waals surface area contributed by atoms with Crippen LogP contribution < -0.4 is 24.8 Å². The zero-order valence-corrected chi connectivity index (χ0v) is 34.4. The normalized spacial score (nSPS) is 29.1. The molecular weight excluding hydrogens is 803 g/mol. The zero-order valence-electron chi connectivity index (χ0n) is 33.6. The second-order valence-electron chi connectivity index (χ2n) is 16.7. The number of rotatable bonds is 10. The maximum absolute atomic E-state index is 14.9. The van der Waals surface area contributed by atoms with E-state index >= 15 is 0 Å². The van der Waals surface area contributed by atoms with Crippen LogP contribution in [0.1, 0.15) is 79.1 Å². The summed E-state index contributed by atoms with van der Waals surface area (Å²) in [5, 5.41) is 6.45. The largest absolute Gasteiger partial charge is 0.497 e. The van der Waals surface area contributed by atoms with Crippen molar-refractivity contribution in [3.63, 3.8) is 0 Å². The number of hydrogen-bond donors (Lipinski definition) is 3. The van der Waals surface area contributed by atoms with Gasteiger partial charge in [0.15, 0.2) is 0 Å². The van der Waals surface area contributed by atoms with Gasteiger partial charge in [-0.3, -0.25) is 19.1 Å². The zero-order chi connectivity index (χ0) is 43.1. The fraction of sp³-hybridized carbons (Fsp3) is 0.625. The predicted octanol–water partition coefficient (Wildman–Crippen LogP) is 5.25. The van der Waals surface area contributed by atoms with E-state index in [4.69, 9.17) is 14.2 Å². The Morgan fingerprint density at radius 1 is 1.12 bits per heavy atom. The molecule has 324 valence electrons. The number of nitrogens with zero attached hydrogens (tertiary/aromatic N) is 2. The standard InChI is InChI=1S/C40H51F4N5O9S/c1-6-24-17-23(2)9-7-8-10-26-20-39(26,35(52)48-59(54,55)38(22-41)14-15-38)47-32(50)30-19-28(57-33-29-12-11-27(56-5)18-25(29)13-16-45-33)21-49(30)34(51)31(24)46-36(53)58-37(3,4)40(42,43)44/h8,10-13,16,18,23-24,26,28,30-31H,6-7,9,14-15,17,19-22H2,1-5H3,(H,46,53)(H,47,50)(H,48,52)/b10-8-/t23-,24-,26-,28-,30+,31+,39-/m1/s1. The Morgan fingerprint density at radius 3 is 2.49 bits per heavy atom. The highest BCUT2D eigenvalue weighted by atomic mass is 32.2. The van der Waals surface area contributed by atoms with Gasteiger partial charge >= 0.3 is 12.3 Å². The molecule has 7 atom stereocenters. The summed E-state index contributed by atoms with van der Waals surface area (Å²) in [6.45, 7) is 3.64. The monoisotopic (exact) mass is 853 g/mol. The predicted molar refractivity (Wildman–Crippen MR) is 206 cm³/mol. The molecule has 0 unspecified atom stereocenters. The summed E-state index contributed by atoms with van der Waals surface area (Å²) in [6.07, 6.45) is -0.585. The molecule has 19 heteroatoms. The van der Waals surface area contributed by atoms with Gasteiger partial charge in [0, 0.05) is 23.9 Å². The van der Waals surface area contributed by atoms with Gasteiger partial charge in [0.25, 0.3) is 5.91 Å². The van der Waals surface area contributed by atoms with Gasteiger partial charge in [-0.05, 0) is 93.9 Å². The summed E-state index contributed by atoms with van der Waals surface area (Å²) < 4.78 is 98.4. The van der Waals surface area contributed by atoms with Crippen molar-refractivity contribution in [1.82, 2.24) is 25.2 Å². The number of fused-ring (bicyclic) bond motifs is 3. The number of benzene rings is 1. The number of alkyl halides is 4. The van der Waals surface area contributed by atoms with Crippen LogP contribution in [0.5, 0.6) is 11.6 Å². The van der Waals surface area contributed by atoms with Crippen LogP contribution in [0.4, 0.5) is 22.4 Å². The molecule has 1 saturated heterocycles. The summed E-state index contributed by atoms with van der Waals surface area (Å²) in [7, 11) is -2.95. The first kappa shape index (κ1) is 43.9. The van der Waals surface area contributed by atoms with E-state index in [1.54, 1.807) is 37.3 Å². The molecule has 1 aromatic carbocycles. The number of pyridine rings is 1. The molecule has 2 aliphatic heterocycles. The fourth-order valence-corrected chi connectivity index (χ4v) is 9.35. The van der Waals surface area contributed by atoms with Crippen molar-refractivity contribution in [1.29, 1.82) is 0 Å². The Bertz CT molecular complexity index is 2100. The van der Waals surface area contributed by atoms with Gasteiger partial charge in [-0.2, -0.15) is 13.2 Å². The first-order valence-corrected chi connectivity index (χ1v) is 21.3. The lowest BCUT2D eigenvalue weighted by molar-refractivity contribution is -0.244. The van der Waals surface area contributed by atoms with Gasteiger partial charge in [-0.15, -0.1) is 0 Å². The lowest BCUT2D eigenvalue weighted by atomic mass is 9.85. The van der Waals surface area contributed by atoms with Crippen molar-refractivity contribution < 1.29 is 59.4 Å². The minimum absolute atomic E-state index is 0.0156. The minimum Gasteiger partial charge on any atom is -0.497 e. The first-order chi connectivity index (χ1) is 27.7. The third-order valence-electron chi connectivity index (χ3n) is 12.1. The molecule has 2 aromatic rings. The van der Waals surface area contributed by atoms with Crippen molar-refractivity contribution in [2.24, 2.45) is 17.8 Å². The van der Waals surface area contributed by atoms with Crippen LogP contribution in [0, 0.1) is 17.8 Å². The van der Waals surface area contributed by atoms with Crippen LogP contribution in [-0.4, -0.2) is 103 Å². The number of methoxy groups -OCH3 is 1. The Labute approximate surface area is 340 Å². The number of nitrogens with one attached hydrogen (secondary N) is 3. The molecular formula is C40H51F4N5O9S. The maximum Gasteiger partial charge on any atom is 0.427 e. The van der Waals surface area contributed by atoms with Crippen LogP contribution in [0.15, 0.2) is 42.6 Å². The lowest BCUT2D eigenvalue weighted by Gasteiger charge is -2.35. The van der Waals surface area contributed by atoms with Crippen LogP contribution in [0.25, 0.3) is 10.8 Å². The highest BCUT2D eigenvalue weighted by Gasteiger charge is 2.64. The van der Waals surface area contributed by atoms with E-state index in [9.17, 15) is 45.2 Å². The number of amides is 4. The van der Waals surface area contributed by atoms with Gasteiger partial charge in [-0.1, -0.05) is 32.4 Å². The summed E-state index contributed by atoms with van der Waals surface area (Å²) >= 11 is 0. The van der Waals surface area contributed by atoms with Crippen molar-refractivity contribution in [2.45, 2.75) is 119 Å². The molecule has 0 bridgehead atoms. The fourth-order valence-electron chi connectivity index (χ4n) is 7.92. The molecule has 3 N–H and O–H groups in total. The Balaban J connectivity index is 1.37. The van der Waals surface area contributed by atoms with Gasteiger partial charge in [-0.25, -0.2) is 22.6 Å². The summed E-state index contributed by atoms with van der Waals surface area (Å²) in [4.78, 5) is 62.1. The number of allylic oxidation sites excluding steroid dienone is 1. The molecule has 3 fully saturated rings. The van der Waals surface area contributed by atoms with Crippen molar-refractivity contribution >= 4 is 44.6 Å². The van der Waals surface area contributed by atoms with Gasteiger partial charge in [0.05, 0.1) is 13.7 Å². The van der Waals surface area contributed by atoms with Crippen LogP contribution >= 0.6 is 0 Å². The van der Waals surface area contributed by atoms with Gasteiger partial charge in [0.2, 0.25) is 33.3 Å². The van der Waals surface area contributed by atoms with Crippen LogP contribution in [0.3, 0.4) is 0 Å². The quantitative estimate of drug-likeness (QED) is 0.211. The van der Waals surface area contributed by atoms with Crippen molar-refractivity contribution in [3.05, 3.63) is 42.6 Å². The number of ether oxygens (including phenoxy) is 3. The second kappa shape index (κ2) is 16.4. The minimum atomic E-state index is -4.93. The highest BCUT2D eigenvalue weighted by molar-refractivity contribution is 7.91. The average Bonchev–Trinajstić information content (AvgIpc) is 4.08. The molecule has 1 aromatic heterocycles. The molecule has 4 amide bonds. The lowest BCUT2D eigenvalue weighted by Crippen LogP contribution is -2.60. The number of carbonyl (C=O) groups excluding carboxylic acids is 4. The van der Waals surface area contributed by atoms with E-state index in [0.717, 1.165) is 5.39 Å². The van der Waals surface area contributed by atoms with E-state index in [1.807, 2.05) is 17.7 Å². The molecule has 0 spiro atoms. The summed E-state index contributed by atoms with van der Waals surface area (Å²) in [5.41, 5.74) is -4.67. The highest BCUT2D eigenvalue weighted by Crippen LogP contribution is 2.48. The number of sulfonamides is 1. The van der Waals surface area contributed by atoms with Crippen LogP contribution in [-0.2, 0) is 29.1 Å². The summed E-state index contributed by atoms with van der Waals surface area (Å²) in [5.74, 6) is -3.25. The SMILES string of the molecule is CC[C@@H]1C[C@H](C)CC/C=C\[C@@H]2C[C@@]2(C(=O)NS(=O)(=O)C2(CF)CC2)NC(=O)[C@@H]2C[C@@H](Oc3nccc4cc(OC)ccc34)CN2C(=O)[C@H]1NC(=O)OC(C)(C)C(F)(F)F.